The van der Waals surface area contributed by atoms with Gasteiger partial charge in [0.2, 0.25) is 0 Å². The van der Waals surface area contributed by atoms with Crippen molar-refractivity contribution in [3.63, 3.8) is 0 Å². The van der Waals surface area contributed by atoms with E-state index in [1.807, 2.05) is 0 Å². The molecule has 0 saturated heterocycles. The minimum atomic E-state index is 0.164. The summed E-state index contributed by atoms with van der Waals surface area (Å²) in [5, 5.41) is 1.32. The Balaban J connectivity index is 2.66. The third-order valence-corrected chi connectivity index (χ3v) is 4.09. The van der Waals surface area contributed by atoms with E-state index in [2.05, 4.69) is 75.8 Å². The van der Waals surface area contributed by atoms with Crippen molar-refractivity contribution in [2.24, 2.45) is 12.8 Å². The zero-order valence-electron chi connectivity index (χ0n) is 13.6. The molecule has 3 nitrogen and oxygen atoms in total. The van der Waals surface area contributed by atoms with Crippen LogP contribution in [-0.2, 0) is 12.5 Å². The Morgan fingerprint density at radius 1 is 1.25 bits per heavy atom. The molecule has 0 saturated carbocycles. The smallest absolute Gasteiger partial charge is 0.0485 e. The highest BCUT2D eigenvalue weighted by atomic mass is 15.1. The highest BCUT2D eigenvalue weighted by molar-refractivity contribution is 5.85. The number of benzene rings is 1. The predicted octanol–water partition coefficient (Wildman–Crippen LogP) is 3.04. The van der Waals surface area contributed by atoms with Gasteiger partial charge in [-0.1, -0.05) is 26.8 Å². The number of nitrogens with two attached hydrogens (primary N) is 1. The van der Waals surface area contributed by atoms with E-state index in [0.29, 0.717) is 6.54 Å². The molecular formula is C17H27N3. The normalized spacial score (nSPS) is 14.2. The van der Waals surface area contributed by atoms with E-state index in [0.717, 1.165) is 0 Å². The van der Waals surface area contributed by atoms with Crippen molar-refractivity contribution in [3.05, 3.63) is 35.5 Å². The summed E-state index contributed by atoms with van der Waals surface area (Å²) in [5.74, 6) is 0. The van der Waals surface area contributed by atoms with Crippen LogP contribution in [0.3, 0.4) is 0 Å². The molecule has 1 heterocycles. The molecule has 3 heteroatoms. The lowest BCUT2D eigenvalue weighted by Crippen LogP contribution is -2.27. The summed E-state index contributed by atoms with van der Waals surface area (Å²) in [6.45, 7) is 7.39. The summed E-state index contributed by atoms with van der Waals surface area (Å²) in [4.78, 5) is 2.19. The molecule has 0 fully saturated rings. The van der Waals surface area contributed by atoms with Gasteiger partial charge in [-0.15, -0.1) is 0 Å². The second-order valence-corrected chi connectivity index (χ2v) is 6.89. The summed E-state index contributed by atoms with van der Waals surface area (Å²) in [6.07, 6.45) is 2.22. The first kappa shape index (κ1) is 15.1. The van der Waals surface area contributed by atoms with E-state index < -0.39 is 0 Å². The van der Waals surface area contributed by atoms with Crippen LogP contribution in [-0.4, -0.2) is 30.1 Å². The molecule has 0 aliphatic rings. The predicted molar refractivity (Wildman–Crippen MR) is 87.1 cm³/mol. The Kier molecular flexibility index (Phi) is 3.94. The van der Waals surface area contributed by atoms with Crippen LogP contribution >= 0.6 is 0 Å². The number of nitrogens with zero attached hydrogens (tertiary/aromatic N) is 2. The standard InChI is InChI=1S/C17H27N3/c1-17(2,3)12-7-8-15-13(9-12)14(11-20(15)6)16(10-18)19(4)5/h7-9,11,16H,10,18H2,1-6H3. The van der Waals surface area contributed by atoms with Gasteiger partial charge >= 0.3 is 0 Å². The number of likely N-dealkylation sites (N-methyl/N-ethyl adjacent to an activating group) is 1. The van der Waals surface area contributed by atoms with Crippen molar-refractivity contribution in [1.82, 2.24) is 9.47 Å². The minimum Gasteiger partial charge on any atom is -0.350 e. The number of aryl methyl sites for hydroxylation is 1. The molecule has 2 rings (SSSR count). The van der Waals surface area contributed by atoms with Crippen LogP contribution in [0.1, 0.15) is 37.9 Å². The van der Waals surface area contributed by atoms with E-state index in [1.165, 1.54) is 22.0 Å². The fourth-order valence-electron chi connectivity index (χ4n) is 2.77. The van der Waals surface area contributed by atoms with Crippen LogP contribution in [0, 0.1) is 0 Å². The van der Waals surface area contributed by atoms with Crippen LogP contribution in [0.2, 0.25) is 0 Å². The van der Waals surface area contributed by atoms with Gasteiger partial charge in [-0.25, -0.2) is 0 Å². The summed E-state index contributed by atoms with van der Waals surface area (Å²) < 4.78 is 2.20. The monoisotopic (exact) mass is 273 g/mol. The van der Waals surface area contributed by atoms with Gasteiger partial charge < -0.3 is 15.2 Å². The Morgan fingerprint density at radius 3 is 2.40 bits per heavy atom. The van der Waals surface area contributed by atoms with Crippen molar-refractivity contribution in [1.29, 1.82) is 0 Å². The van der Waals surface area contributed by atoms with Gasteiger partial charge in [0.05, 0.1) is 0 Å². The molecule has 20 heavy (non-hydrogen) atoms. The van der Waals surface area contributed by atoms with Crippen molar-refractivity contribution >= 4 is 10.9 Å². The lowest BCUT2D eigenvalue weighted by Gasteiger charge is -2.23. The number of fused-ring (bicyclic) bond motifs is 1. The average molecular weight is 273 g/mol. The molecule has 1 unspecified atom stereocenters. The van der Waals surface area contributed by atoms with Gasteiger partial charge in [0.1, 0.15) is 0 Å². The van der Waals surface area contributed by atoms with Crippen molar-refractivity contribution in [2.75, 3.05) is 20.6 Å². The first-order valence-electron chi connectivity index (χ1n) is 7.21. The van der Waals surface area contributed by atoms with Gasteiger partial charge in [0.25, 0.3) is 0 Å². The van der Waals surface area contributed by atoms with Crippen LogP contribution < -0.4 is 5.73 Å². The maximum absolute atomic E-state index is 5.98. The van der Waals surface area contributed by atoms with Gasteiger partial charge in [-0.05, 0) is 42.8 Å². The molecule has 0 bridgehead atoms. The fourth-order valence-corrected chi connectivity index (χ4v) is 2.77. The van der Waals surface area contributed by atoms with E-state index in [9.17, 15) is 0 Å². The molecule has 2 aromatic rings. The average Bonchev–Trinajstić information content (AvgIpc) is 2.66. The molecule has 1 atom stereocenters. The van der Waals surface area contributed by atoms with E-state index >= 15 is 0 Å². The highest BCUT2D eigenvalue weighted by Gasteiger charge is 2.20. The number of hydrogen-bond acceptors (Lipinski definition) is 2. The first-order chi connectivity index (χ1) is 9.25. The van der Waals surface area contributed by atoms with Gasteiger partial charge in [0, 0.05) is 36.7 Å². The molecule has 2 N–H and O–H groups in total. The first-order valence-corrected chi connectivity index (χ1v) is 7.21. The Labute approximate surface area is 122 Å². The molecule has 0 spiro atoms. The van der Waals surface area contributed by atoms with Gasteiger partial charge in [-0.2, -0.15) is 0 Å². The van der Waals surface area contributed by atoms with E-state index in [4.69, 9.17) is 5.73 Å². The molecule has 110 valence electrons. The Morgan fingerprint density at radius 2 is 1.90 bits per heavy atom. The maximum Gasteiger partial charge on any atom is 0.0485 e. The largest absolute Gasteiger partial charge is 0.350 e. The summed E-state index contributed by atoms with van der Waals surface area (Å²) in [5.41, 5.74) is 10.1. The third kappa shape index (κ3) is 2.60. The zero-order valence-corrected chi connectivity index (χ0v) is 13.6. The van der Waals surface area contributed by atoms with Crippen molar-refractivity contribution in [3.8, 4) is 0 Å². The second-order valence-electron chi connectivity index (χ2n) is 6.89. The molecule has 0 aliphatic carbocycles. The van der Waals surface area contributed by atoms with Gasteiger partial charge in [-0.3, -0.25) is 0 Å². The number of rotatable bonds is 3. The van der Waals surface area contributed by atoms with Crippen LogP contribution in [0.15, 0.2) is 24.4 Å². The number of hydrogen-bond donors (Lipinski definition) is 1. The molecule has 0 aliphatic heterocycles. The molecule has 1 aromatic heterocycles. The summed E-state index contributed by atoms with van der Waals surface area (Å²) in [7, 11) is 6.28. The molecule has 0 radical (unpaired) electrons. The van der Waals surface area contributed by atoms with Crippen LogP contribution in [0.4, 0.5) is 0 Å². The zero-order chi connectivity index (χ0) is 15.1. The summed E-state index contributed by atoms with van der Waals surface area (Å²) in [6, 6.07) is 7.05. The van der Waals surface area contributed by atoms with Crippen LogP contribution in [0.25, 0.3) is 10.9 Å². The SMILES string of the molecule is CN(C)C(CN)c1cn(C)c2ccc(C(C)(C)C)cc12. The quantitative estimate of drug-likeness (QED) is 0.932. The van der Waals surface area contributed by atoms with E-state index in [-0.39, 0.29) is 11.5 Å². The lowest BCUT2D eigenvalue weighted by atomic mass is 9.86. The lowest BCUT2D eigenvalue weighted by molar-refractivity contribution is 0.307. The highest BCUT2D eigenvalue weighted by Crippen LogP contribution is 2.32. The van der Waals surface area contributed by atoms with Crippen molar-refractivity contribution in [2.45, 2.75) is 32.2 Å². The molecular weight excluding hydrogens is 246 g/mol. The Bertz CT molecular complexity index is 602. The molecule has 0 amide bonds. The number of aromatic nitrogens is 1. The summed E-state index contributed by atoms with van der Waals surface area (Å²) >= 11 is 0. The fraction of sp³-hybridized carbons (Fsp3) is 0.529. The van der Waals surface area contributed by atoms with Crippen molar-refractivity contribution < 1.29 is 0 Å². The van der Waals surface area contributed by atoms with E-state index in [1.54, 1.807) is 0 Å². The third-order valence-electron chi connectivity index (χ3n) is 4.09. The minimum absolute atomic E-state index is 0.164. The van der Waals surface area contributed by atoms with Crippen LogP contribution in [0.5, 0.6) is 0 Å². The molecule has 1 aromatic carbocycles. The maximum atomic E-state index is 5.98. The topological polar surface area (TPSA) is 34.2 Å². The van der Waals surface area contributed by atoms with Gasteiger partial charge in [0.15, 0.2) is 0 Å². The Hall–Kier alpha value is -1.32. The second kappa shape index (κ2) is 5.23.